The van der Waals surface area contributed by atoms with Gasteiger partial charge in [0.2, 0.25) is 17.2 Å². The number of aromatic nitrogens is 5. The van der Waals surface area contributed by atoms with Gasteiger partial charge in [0.25, 0.3) is 0 Å². The van der Waals surface area contributed by atoms with E-state index in [9.17, 15) is 0 Å². The number of benzene rings is 1. The molecule has 3 rings (SSSR count). The lowest BCUT2D eigenvalue weighted by Gasteiger charge is -2.08. The van der Waals surface area contributed by atoms with Crippen LogP contribution < -0.4 is 5.32 Å². The highest BCUT2D eigenvalue weighted by Crippen LogP contribution is 2.22. The van der Waals surface area contributed by atoms with Gasteiger partial charge in [-0.25, -0.2) is 4.98 Å². The van der Waals surface area contributed by atoms with Crippen molar-refractivity contribution in [1.82, 2.24) is 24.5 Å². The van der Waals surface area contributed by atoms with Crippen LogP contribution in [0.3, 0.4) is 0 Å². The van der Waals surface area contributed by atoms with E-state index in [2.05, 4.69) is 41.2 Å². The highest BCUT2D eigenvalue weighted by molar-refractivity contribution is 9.10. The second-order valence-electron chi connectivity index (χ2n) is 4.29. The lowest BCUT2D eigenvalue weighted by molar-refractivity contribution is 0.899. The van der Waals surface area contributed by atoms with Gasteiger partial charge in [-0.2, -0.15) is 15.0 Å². The van der Waals surface area contributed by atoms with Crippen LogP contribution in [0.2, 0.25) is 5.28 Å². The monoisotopic (exact) mass is 364 g/mol. The number of nitrogens with one attached hydrogen (secondary N) is 1. The van der Waals surface area contributed by atoms with Crippen LogP contribution >= 0.6 is 27.5 Å². The van der Waals surface area contributed by atoms with Gasteiger partial charge < -0.3 is 5.32 Å². The molecule has 0 saturated heterocycles. The van der Waals surface area contributed by atoms with E-state index in [1.165, 1.54) is 0 Å². The third-order valence-electron chi connectivity index (χ3n) is 2.75. The van der Waals surface area contributed by atoms with Crippen molar-refractivity contribution < 1.29 is 0 Å². The molecule has 0 spiro atoms. The van der Waals surface area contributed by atoms with Crippen molar-refractivity contribution in [2.24, 2.45) is 0 Å². The second-order valence-corrected chi connectivity index (χ2v) is 5.48. The van der Waals surface area contributed by atoms with Gasteiger partial charge in [-0.3, -0.25) is 4.57 Å². The molecule has 3 aromatic rings. The summed E-state index contributed by atoms with van der Waals surface area (Å²) >= 11 is 9.41. The summed E-state index contributed by atoms with van der Waals surface area (Å²) in [5.74, 6) is 0.782. The Balaban J connectivity index is 1.93. The van der Waals surface area contributed by atoms with E-state index >= 15 is 0 Å². The number of hydrogen-bond acceptors (Lipinski definition) is 5. The van der Waals surface area contributed by atoms with Crippen LogP contribution in [0.4, 0.5) is 11.6 Å². The maximum absolute atomic E-state index is 5.95. The maximum atomic E-state index is 5.95. The van der Waals surface area contributed by atoms with Gasteiger partial charge in [-0.05, 0) is 42.3 Å². The number of imidazole rings is 1. The Bertz CT molecular complexity index is 774. The number of rotatable bonds is 3. The van der Waals surface area contributed by atoms with Gasteiger partial charge in [0.15, 0.2) is 0 Å². The van der Waals surface area contributed by atoms with Crippen molar-refractivity contribution in [1.29, 1.82) is 0 Å². The van der Waals surface area contributed by atoms with Gasteiger partial charge in [0, 0.05) is 22.6 Å². The van der Waals surface area contributed by atoms with Crippen LogP contribution in [-0.4, -0.2) is 24.5 Å². The SMILES string of the molecule is Cc1cc(Nc2nc(Cl)nc(-n3ccnc3)n2)ccc1Br. The minimum atomic E-state index is 0.116. The van der Waals surface area contributed by atoms with E-state index in [1.54, 1.807) is 23.3 Å². The van der Waals surface area contributed by atoms with E-state index in [0.29, 0.717) is 11.9 Å². The first kappa shape index (κ1) is 14.0. The summed E-state index contributed by atoms with van der Waals surface area (Å²) < 4.78 is 2.70. The van der Waals surface area contributed by atoms with E-state index < -0.39 is 0 Å². The smallest absolute Gasteiger partial charge is 0.241 e. The molecule has 0 unspecified atom stereocenters. The fourth-order valence-electron chi connectivity index (χ4n) is 1.74. The molecule has 1 N–H and O–H groups in total. The Kier molecular flexibility index (Phi) is 3.85. The van der Waals surface area contributed by atoms with Gasteiger partial charge in [0.1, 0.15) is 6.33 Å². The molecular weight excluding hydrogens is 356 g/mol. The fourth-order valence-corrected chi connectivity index (χ4v) is 2.14. The van der Waals surface area contributed by atoms with Crippen molar-refractivity contribution in [3.05, 3.63) is 52.2 Å². The quantitative estimate of drug-likeness (QED) is 0.769. The summed E-state index contributed by atoms with van der Waals surface area (Å²) in [5, 5.41) is 3.23. The molecule has 0 amide bonds. The zero-order valence-electron chi connectivity index (χ0n) is 11.0. The van der Waals surface area contributed by atoms with Crippen molar-refractivity contribution in [2.75, 3.05) is 5.32 Å². The van der Waals surface area contributed by atoms with Crippen LogP contribution in [0, 0.1) is 6.92 Å². The Morgan fingerprint density at radius 1 is 1.24 bits per heavy atom. The molecule has 6 nitrogen and oxygen atoms in total. The number of halogens is 2. The molecule has 2 aromatic heterocycles. The Hall–Kier alpha value is -1.99. The molecular formula is C13H10BrClN6. The van der Waals surface area contributed by atoms with Gasteiger partial charge in [0.05, 0.1) is 0 Å². The van der Waals surface area contributed by atoms with Crippen LogP contribution in [0.15, 0.2) is 41.4 Å². The lowest BCUT2D eigenvalue weighted by atomic mass is 10.2. The molecule has 0 aliphatic heterocycles. The molecule has 0 saturated carbocycles. The molecule has 0 radical (unpaired) electrons. The normalized spacial score (nSPS) is 10.6. The molecule has 0 bridgehead atoms. The topological polar surface area (TPSA) is 68.5 Å². The predicted octanol–water partition coefficient (Wildman–Crippen LogP) is 3.53. The highest BCUT2D eigenvalue weighted by atomic mass is 79.9. The van der Waals surface area contributed by atoms with Crippen molar-refractivity contribution >= 4 is 39.2 Å². The number of aryl methyl sites for hydroxylation is 1. The maximum Gasteiger partial charge on any atom is 0.241 e. The molecule has 0 atom stereocenters. The van der Waals surface area contributed by atoms with Crippen LogP contribution in [0.25, 0.3) is 5.95 Å². The number of anilines is 2. The van der Waals surface area contributed by atoms with E-state index in [0.717, 1.165) is 15.7 Å². The zero-order valence-corrected chi connectivity index (χ0v) is 13.3. The number of nitrogens with zero attached hydrogens (tertiary/aromatic N) is 5. The third-order valence-corrected chi connectivity index (χ3v) is 3.80. The Morgan fingerprint density at radius 3 is 2.81 bits per heavy atom. The second kappa shape index (κ2) is 5.79. The van der Waals surface area contributed by atoms with Crippen molar-refractivity contribution in [3.63, 3.8) is 0 Å². The molecule has 21 heavy (non-hydrogen) atoms. The van der Waals surface area contributed by atoms with E-state index in [-0.39, 0.29) is 5.28 Å². The summed E-state index contributed by atoms with van der Waals surface area (Å²) in [7, 11) is 0. The van der Waals surface area contributed by atoms with Crippen molar-refractivity contribution in [2.45, 2.75) is 6.92 Å². The lowest BCUT2D eigenvalue weighted by Crippen LogP contribution is -2.05. The standard InChI is InChI=1S/C13H10BrClN6/c1-8-6-9(2-3-10(8)14)17-12-18-11(15)19-13(20-12)21-5-4-16-7-21/h2-7H,1H3,(H,17,18,19,20). The Labute approximate surface area is 134 Å². The van der Waals surface area contributed by atoms with Gasteiger partial charge in [-0.15, -0.1) is 0 Å². The first-order valence-corrected chi connectivity index (χ1v) is 7.22. The van der Waals surface area contributed by atoms with Crippen LogP contribution in [0.1, 0.15) is 5.56 Å². The molecule has 106 valence electrons. The Morgan fingerprint density at radius 2 is 2.10 bits per heavy atom. The summed E-state index contributed by atoms with van der Waals surface area (Å²) in [6.07, 6.45) is 4.97. The number of hydrogen-bond donors (Lipinski definition) is 1. The van der Waals surface area contributed by atoms with Gasteiger partial charge >= 0.3 is 0 Å². The summed E-state index contributed by atoms with van der Waals surface area (Å²) in [5.41, 5.74) is 1.98. The largest absolute Gasteiger partial charge is 0.324 e. The van der Waals surface area contributed by atoms with Gasteiger partial charge in [-0.1, -0.05) is 15.9 Å². The first-order chi connectivity index (χ1) is 10.1. The summed E-state index contributed by atoms with van der Waals surface area (Å²) in [4.78, 5) is 16.4. The fraction of sp³-hybridized carbons (Fsp3) is 0.0769. The minimum Gasteiger partial charge on any atom is -0.324 e. The summed E-state index contributed by atoms with van der Waals surface area (Å²) in [6.45, 7) is 2.01. The van der Waals surface area contributed by atoms with E-state index in [4.69, 9.17) is 11.6 Å². The predicted molar refractivity (Wildman–Crippen MR) is 84.1 cm³/mol. The molecule has 2 heterocycles. The molecule has 0 fully saturated rings. The molecule has 0 aliphatic rings. The third kappa shape index (κ3) is 3.20. The minimum absolute atomic E-state index is 0.116. The molecule has 1 aromatic carbocycles. The molecule has 8 heteroatoms. The summed E-state index contributed by atoms with van der Waals surface area (Å²) in [6, 6.07) is 5.86. The molecule has 0 aliphatic carbocycles. The average molecular weight is 366 g/mol. The van der Waals surface area contributed by atoms with Crippen molar-refractivity contribution in [3.8, 4) is 5.95 Å². The van der Waals surface area contributed by atoms with Crippen LogP contribution in [0.5, 0.6) is 0 Å². The van der Waals surface area contributed by atoms with Crippen LogP contribution in [-0.2, 0) is 0 Å². The highest BCUT2D eigenvalue weighted by Gasteiger charge is 2.07. The average Bonchev–Trinajstić information content (AvgIpc) is 2.96. The zero-order chi connectivity index (χ0) is 14.8. The van der Waals surface area contributed by atoms with E-state index in [1.807, 2.05) is 25.1 Å². The first-order valence-electron chi connectivity index (χ1n) is 6.05.